The van der Waals surface area contributed by atoms with Gasteiger partial charge in [0.2, 0.25) is 0 Å². The maximum absolute atomic E-state index is 12.0. The van der Waals surface area contributed by atoms with Crippen LogP contribution in [-0.4, -0.2) is 18.3 Å². The summed E-state index contributed by atoms with van der Waals surface area (Å²) in [4.78, 5) is 24.0. The molecule has 0 aliphatic carbocycles. The number of ether oxygens (including phenoxy) is 1. The molecule has 0 fully saturated rings. The zero-order valence-corrected chi connectivity index (χ0v) is 14.8. The van der Waals surface area contributed by atoms with Crippen molar-refractivity contribution in [2.75, 3.05) is 11.9 Å². The maximum atomic E-state index is 12.0. The normalized spacial score (nSPS) is 10.0. The lowest BCUT2D eigenvalue weighted by atomic mass is 10.1. The summed E-state index contributed by atoms with van der Waals surface area (Å²) in [5.74, 6) is -0.258. The van der Waals surface area contributed by atoms with Gasteiger partial charge in [0.05, 0.1) is 16.1 Å². The largest absolute Gasteiger partial charge is 0.483 e. The number of hydrogen-bond donors (Lipinski definition) is 1. The third-order valence-electron chi connectivity index (χ3n) is 3.30. The Hall–Kier alpha value is -2.55. The summed E-state index contributed by atoms with van der Waals surface area (Å²) < 4.78 is 5.45. The fourth-order valence-electron chi connectivity index (χ4n) is 2.06. The Labute approximate surface area is 155 Å². The standard InChI is InChI=1S/C18H14Cl2N2O3/c1-2-16(23)14-7-12(19)4-6-17(14)25-10-18(24)22-13-5-3-11(9-21)15(20)8-13/h3-8H,2,10H2,1H3,(H,22,24). The number of halogens is 2. The molecule has 1 N–H and O–H groups in total. The van der Waals surface area contributed by atoms with Crippen LogP contribution < -0.4 is 10.1 Å². The number of carbonyl (C=O) groups excluding carboxylic acids is 2. The first-order valence-electron chi connectivity index (χ1n) is 7.39. The molecule has 0 atom stereocenters. The van der Waals surface area contributed by atoms with Crippen molar-refractivity contribution in [3.05, 3.63) is 57.6 Å². The number of benzene rings is 2. The monoisotopic (exact) mass is 376 g/mol. The number of rotatable bonds is 6. The molecule has 0 aliphatic heterocycles. The Kier molecular flexibility index (Phi) is 6.40. The lowest BCUT2D eigenvalue weighted by molar-refractivity contribution is -0.118. The smallest absolute Gasteiger partial charge is 0.262 e. The number of anilines is 1. The van der Waals surface area contributed by atoms with Gasteiger partial charge in [-0.2, -0.15) is 5.26 Å². The van der Waals surface area contributed by atoms with Gasteiger partial charge < -0.3 is 10.1 Å². The van der Waals surface area contributed by atoms with Crippen molar-refractivity contribution >= 4 is 40.6 Å². The second-order valence-electron chi connectivity index (χ2n) is 5.06. The Bertz CT molecular complexity index is 860. The van der Waals surface area contributed by atoms with Crippen LogP contribution in [0.5, 0.6) is 5.75 Å². The first kappa shape index (κ1) is 18.8. The zero-order chi connectivity index (χ0) is 18.4. The minimum absolute atomic E-state index is 0.128. The van der Waals surface area contributed by atoms with Crippen molar-refractivity contribution in [1.29, 1.82) is 5.26 Å². The second-order valence-corrected chi connectivity index (χ2v) is 5.90. The van der Waals surface area contributed by atoms with Gasteiger partial charge >= 0.3 is 0 Å². The molecule has 5 nitrogen and oxygen atoms in total. The summed E-state index contributed by atoms with van der Waals surface area (Å²) in [6.45, 7) is 1.44. The number of nitriles is 1. The minimum atomic E-state index is -0.425. The van der Waals surface area contributed by atoms with Crippen LogP contribution in [0.2, 0.25) is 10.0 Å². The summed E-state index contributed by atoms with van der Waals surface area (Å²) in [6.07, 6.45) is 0.298. The number of ketones is 1. The van der Waals surface area contributed by atoms with Crippen molar-refractivity contribution in [2.24, 2.45) is 0 Å². The lowest BCUT2D eigenvalue weighted by Gasteiger charge is -2.11. The van der Waals surface area contributed by atoms with Crippen LogP contribution in [0.15, 0.2) is 36.4 Å². The summed E-state index contributed by atoms with van der Waals surface area (Å²) in [7, 11) is 0. The quantitative estimate of drug-likeness (QED) is 0.753. The summed E-state index contributed by atoms with van der Waals surface area (Å²) >= 11 is 11.8. The first-order chi connectivity index (χ1) is 11.9. The van der Waals surface area contributed by atoms with Crippen molar-refractivity contribution in [3.8, 4) is 11.8 Å². The molecule has 0 spiro atoms. The van der Waals surface area contributed by atoms with E-state index in [0.29, 0.717) is 34.0 Å². The average molecular weight is 377 g/mol. The van der Waals surface area contributed by atoms with Gasteiger partial charge in [0.15, 0.2) is 12.4 Å². The molecule has 128 valence electrons. The highest BCUT2D eigenvalue weighted by Gasteiger charge is 2.13. The van der Waals surface area contributed by atoms with E-state index in [1.165, 1.54) is 18.2 Å². The molecule has 0 saturated carbocycles. The molecule has 0 radical (unpaired) electrons. The SMILES string of the molecule is CCC(=O)c1cc(Cl)ccc1OCC(=O)Nc1ccc(C#N)c(Cl)c1. The van der Waals surface area contributed by atoms with E-state index in [0.717, 1.165) is 0 Å². The van der Waals surface area contributed by atoms with E-state index in [2.05, 4.69) is 5.32 Å². The van der Waals surface area contributed by atoms with E-state index in [4.69, 9.17) is 33.2 Å². The van der Waals surface area contributed by atoms with Gasteiger partial charge in [0.1, 0.15) is 11.8 Å². The zero-order valence-electron chi connectivity index (χ0n) is 13.3. The molecule has 2 rings (SSSR count). The fourth-order valence-corrected chi connectivity index (χ4v) is 2.46. The minimum Gasteiger partial charge on any atom is -0.483 e. The first-order valence-corrected chi connectivity index (χ1v) is 8.15. The van der Waals surface area contributed by atoms with Gasteiger partial charge in [-0.3, -0.25) is 9.59 Å². The second kappa shape index (κ2) is 8.52. The molecule has 7 heteroatoms. The molecular weight excluding hydrogens is 363 g/mol. The van der Waals surface area contributed by atoms with Crippen molar-refractivity contribution in [2.45, 2.75) is 13.3 Å². The highest BCUT2D eigenvalue weighted by atomic mass is 35.5. The molecule has 0 saturated heterocycles. The summed E-state index contributed by atoms with van der Waals surface area (Å²) in [5.41, 5.74) is 1.10. The third-order valence-corrected chi connectivity index (χ3v) is 3.84. The third kappa shape index (κ3) is 4.96. The van der Waals surface area contributed by atoms with Gasteiger partial charge in [-0.05, 0) is 36.4 Å². The van der Waals surface area contributed by atoms with E-state index < -0.39 is 5.91 Å². The predicted molar refractivity (Wildman–Crippen MR) is 96.4 cm³/mol. The van der Waals surface area contributed by atoms with E-state index >= 15 is 0 Å². The van der Waals surface area contributed by atoms with Crippen molar-refractivity contribution in [3.63, 3.8) is 0 Å². The molecule has 0 heterocycles. The average Bonchev–Trinajstić information content (AvgIpc) is 2.60. The van der Waals surface area contributed by atoms with E-state index in [1.807, 2.05) is 6.07 Å². The van der Waals surface area contributed by atoms with Gasteiger partial charge in [-0.15, -0.1) is 0 Å². The molecule has 25 heavy (non-hydrogen) atoms. The van der Waals surface area contributed by atoms with Crippen LogP contribution >= 0.6 is 23.2 Å². The van der Waals surface area contributed by atoms with E-state index in [1.54, 1.807) is 25.1 Å². The molecule has 0 bridgehead atoms. The number of amides is 1. The molecular formula is C18H14Cl2N2O3. The Balaban J connectivity index is 2.04. The molecule has 0 unspecified atom stereocenters. The van der Waals surface area contributed by atoms with Crippen molar-refractivity contribution < 1.29 is 14.3 Å². The number of nitrogens with one attached hydrogen (secondary N) is 1. The maximum Gasteiger partial charge on any atom is 0.262 e. The van der Waals surface area contributed by atoms with Crippen LogP contribution in [0, 0.1) is 11.3 Å². The molecule has 2 aromatic carbocycles. The van der Waals surface area contributed by atoms with E-state index in [-0.39, 0.29) is 17.4 Å². The molecule has 2 aromatic rings. The predicted octanol–water partition coefficient (Wildman–Crippen LogP) is 4.48. The fraction of sp³-hybridized carbons (Fsp3) is 0.167. The van der Waals surface area contributed by atoms with Crippen molar-refractivity contribution in [1.82, 2.24) is 0 Å². The van der Waals surface area contributed by atoms with Gasteiger partial charge in [-0.25, -0.2) is 0 Å². The van der Waals surface area contributed by atoms with Gasteiger partial charge in [-0.1, -0.05) is 30.1 Å². The van der Waals surface area contributed by atoms with Crippen LogP contribution in [0.25, 0.3) is 0 Å². The van der Waals surface area contributed by atoms with Gasteiger partial charge in [0, 0.05) is 17.1 Å². The Morgan fingerprint density at radius 2 is 1.96 bits per heavy atom. The van der Waals surface area contributed by atoms with Crippen LogP contribution in [0.4, 0.5) is 5.69 Å². The number of hydrogen-bond acceptors (Lipinski definition) is 4. The number of nitrogens with zero attached hydrogens (tertiary/aromatic N) is 1. The molecule has 0 aromatic heterocycles. The summed E-state index contributed by atoms with van der Waals surface area (Å²) in [6, 6.07) is 11.1. The topological polar surface area (TPSA) is 79.2 Å². The number of carbonyl (C=O) groups is 2. The van der Waals surface area contributed by atoms with Crippen LogP contribution in [0.3, 0.4) is 0 Å². The van der Waals surface area contributed by atoms with E-state index in [9.17, 15) is 9.59 Å². The highest BCUT2D eigenvalue weighted by molar-refractivity contribution is 6.32. The Morgan fingerprint density at radius 1 is 1.20 bits per heavy atom. The van der Waals surface area contributed by atoms with Crippen LogP contribution in [-0.2, 0) is 4.79 Å². The lowest BCUT2D eigenvalue weighted by Crippen LogP contribution is -2.20. The summed E-state index contributed by atoms with van der Waals surface area (Å²) in [5, 5.41) is 12.1. The molecule has 0 aliphatic rings. The molecule has 1 amide bonds. The van der Waals surface area contributed by atoms with Crippen LogP contribution in [0.1, 0.15) is 29.3 Å². The van der Waals surface area contributed by atoms with Gasteiger partial charge in [0.25, 0.3) is 5.91 Å². The number of Topliss-reactive ketones (excluding diaryl/α,β-unsaturated/α-hetero) is 1. The highest BCUT2D eigenvalue weighted by Crippen LogP contribution is 2.24. The Morgan fingerprint density at radius 3 is 2.60 bits per heavy atom.